The summed E-state index contributed by atoms with van der Waals surface area (Å²) in [5.74, 6) is 0.00245. The van der Waals surface area contributed by atoms with Crippen LogP contribution in [0.2, 0.25) is 0 Å². The quantitative estimate of drug-likeness (QED) is 0.679. The third-order valence-electron chi connectivity index (χ3n) is 4.77. The van der Waals surface area contributed by atoms with Gasteiger partial charge < -0.3 is 15.4 Å². The Morgan fingerprint density at radius 3 is 2.48 bits per heavy atom. The highest BCUT2D eigenvalue weighted by Gasteiger charge is 2.25. The predicted octanol–water partition coefficient (Wildman–Crippen LogP) is 3.08. The number of nitrogens with zero attached hydrogens (tertiary/aromatic N) is 1. The molecular formula is C22H26FN3O3. The van der Waals surface area contributed by atoms with Crippen LogP contribution in [0.4, 0.5) is 4.39 Å². The number of pyridine rings is 1. The summed E-state index contributed by atoms with van der Waals surface area (Å²) in [5.41, 5.74) is 1.14. The molecule has 6 nitrogen and oxygen atoms in total. The molecule has 1 aromatic carbocycles. The van der Waals surface area contributed by atoms with Crippen LogP contribution in [-0.2, 0) is 11.3 Å². The first kappa shape index (κ1) is 20.8. The number of nitrogens with one attached hydrogen (secondary N) is 2. The van der Waals surface area contributed by atoms with Crippen molar-refractivity contribution in [2.45, 2.75) is 39.3 Å². The zero-order valence-electron chi connectivity index (χ0n) is 16.7. The van der Waals surface area contributed by atoms with Gasteiger partial charge in [0.15, 0.2) is 0 Å². The molecule has 2 amide bonds. The average molecular weight is 399 g/mol. The van der Waals surface area contributed by atoms with Crippen molar-refractivity contribution in [2.75, 3.05) is 6.61 Å². The monoisotopic (exact) mass is 399 g/mol. The first-order valence-electron chi connectivity index (χ1n) is 9.84. The molecule has 1 fully saturated rings. The first-order valence-corrected chi connectivity index (χ1v) is 9.84. The van der Waals surface area contributed by atoms with E-state index in [1.807, 2.05) is 19.9 Å². The van der Waals surface area contributed by atoms with Crippen LogP contribution in [-0.4, -0.2) is 29.4 Å². The topological polar surface area (TPSA) is 80.3 Å². The average Bonchev–Trinajstić information content (AvgIpc) is 3.54. The van der Waals surface area contributed by atoms with Gasteiger partial charge in [-0.1, -0.05) is 19.9 Å². The maximum Gasteiger partial charge on any atom is 0.251 e. The van der Waals surface area contributed by atoms with Crippen molar-refractivity contribution in [3.05, 3.63) is 59.5 Å². The lowest BCUT2D eigenvalue weighted by atomic mass is 10.0. The second-order valence-electron chi connectivity index (χ2n) is 7.68. The smallest absolute Gasteiger partial charge is 0.251 e. The lowest BCUT2D eigenvalue weighted by Gasteiger charge is -2.22. The highest BCUT2D eigenvalue weighted by Crippen LogP contribution is 2.29. The summed E-state index contributed by atoms with van der Waals surface area (Å²) in [7, 11) is 0. The fourth-order valence-corrected chi connectivity index (χ4v) is 2.75. The van der Waals surface area contributed by atoms with Crippen molar-refractivity contribution in [2.24, 2.45) is 11.8 Å². The van der Waals surface area contributed by atoms with Crippen molar-refractivity contribution in [3.63, 3.8) is 0 Å². The lowest BCUT2D eigenvalue weighted by molar-refractivity contribution is -0.124. The van der Waals surface area contributed by atoms with Crippen molar-refractivity contribution in [1.82, 2.24) is 15.6 Å². The first-order chi connectivity index (χ1) is 13.9. The van der Waals surface area contributed by atoms with Gasteiger partial charge in [0, 0.05) is 24.4 Å². The fraction of sp³-hybridized carbons (Fsp3) is 0.409. The molecule has 0 saturated heterocycles. The minimum atomic E-state index is -0.707. The van der Waals surface area contributed by atoms with Crippen LogP contribution >= 0.6 is 0 Å². The molecule has 1 aliphatic rings. The third kappa shape index (κ3) is 6.27. The van der Waals surface area contributed by atoms with E-state index in [4.69, 9.17) is 4.74 Å². The molecule has 3 rings (SSSR count). The van der Waals surface area contributed by atoms with Gasteiger partial charge >= 0.3 is 0 Å². The van der Waals surface area contributed by atoms with Crippen molar-refractivity contribution < 1.29 is 18.7 Å². The fourth-order valence-electron chi connectivity index (χ4n) is 2.75. The Hall–Kier alpha value is -2.96. The molecule has 2 aromatic rings. The van der Waals surface area contributed by atoms with Gasteiger partial charge in [0.25, 0.3) is 5.91 Å². The minimum absolute atomic E-state index is 0.115. The van der Waals surface area contributed by atoms with Gasteiger partial charge in [0.1, 0.15) is 11.9 Å². The zero-order chi connectivity index (χ0) is 20.8. The highest BCUT2D eigenvalue weighted by atomic mass is 19.1. The molecule has 1 atom stereocenters. The molecule has 0 bridgehead atoms. The summed E-state index contributed by atoms with van der Waals surface area (Å²) < 4.78 is 18.6. The van der Waals surface area contributed by atoms with Gasteiger partial charge in [-0.25, -0.2) is 9.37 Å². The molecule has 154 valence electrons. The van der Waals surface area contributed by atoms with Gasteiger partial charge in [0.2, 0.25) is 11.8 Å². The number of hydrogen-bond acceptors (Lipinski definition) is 4. The predicted molar refractivity (Wildman–Crippen MR) is 107 cm³/mol. The zero-order valence-corrected chi connectivity index (χ0v) is 16.7. The van der Waals surface area contributed by atoms with E-state index < -0.39 is 17.8 Å². The maximum absolute atomic E-state index is 13.0. The SMILES string of the molecule is CC(C)C(NC(=O)c1ccc(F)cc1)C(=O)NCc1ccc(OCC2CC2)nc1. The van der Waals surface area contributed by atoms with E-state index in [1.54, 1.807) is 12.3 Å². The number of rotatable bonds is 9. The van der Waals surface area contributed by atoms with Gasteiger partial charge in [-0.05, 0) is 54.5 Å². The number of amides is 2. The largest absolute Gasteiger partial charge is 0.477 e. The van der Waals surface area contributed by atoms with Gasteiger partial charge in [-0.15, -0.1) is 0 Å². The van der Waals surface area contributed by atoms with Gasteiger partial charge in [-0.2, -0.15) is 0 Å². The summed E-state index contributed by atoms with van der Waals surface area (Å²) in [4.78, 5) is 29.2. The summed E-state index contributed by atoms with van der Waals surface area (Å²) in [5, 5.41) is 5.55. The van der Waals surface area contributed by atoms with Crippen LogP contribution in [0, 0.1) is 17.7 Å². The molecule has 0 radical (unpaired) electrons. The molecule has 1 aromatic heterocycles. The standard InChI is InChI=1S/C22H26FN3O3/c1-14(2)20(26-21(27)17-6-8-18(23)9-7-17)22(28)25-12-16-5-10-19(24-11-16)29-13-15-3-4-15/h5-11,14-15,20H,3-4,12-13H2,1-2H3,(H,25,28)(H,26,27). The van der Waals surface area contributed by atoms with Crippen LogP contribution in [0.3, 0.4) is 0 Å². The summed E-state index contributed by atoms with van der Waals surface area (Å²) >= 11 is 0. The Morgan fingerprint density at radius 1 is 1.17 bits per heavy atom. The molecule has 0 aliphatic heterocycles. The van der Waals surface area contributed by atoms with Crippen molar-refractivity contribution in [3.8, 4) is 5.88 Å². The lowest BCUT2D eigenvalue weighted by Crippen LogP contribution is -2.49. The van der Waals surface area contributed by atoms with Crippen LogP contribution in [0.25, 0.3) is 0 Å². The van der Waals surface area contributed by atoms with E-state index in [-0.39, 0.29) is 11.8 Å². The van der Waals surface area contributed by atoms with E-state index in [1.165, 1.54) is 37.1 Å². The molecule has 1 aliphatic carbocycles. The Labute approximate surface area is 169 Å². The summed E-state index contributed by atoms with van der Waals surface area (Å²) in [6, 6.07) is 8.14. The summed E-state index contributed by atoms with van der Waals surface area (Å²) in [6.45, 7) is 4.70. The number of halogens is 1. The van der Waals surface area contributed by atoms with E-state index in [9.17, 15) is 14.0 Å². The normalized spacial score (nSPS) is 14.3. The van der Waals surface area contributed by atoms with E-state index in [0.717, 1.165) is 5.56 Å². The number of benzene rings is 1. The van der Waals surface area contributed by atoms with Crippen molar-refractivity contribution in [1.29, 1.82) is 0 Å². The van der Waals surface area contributed by atoms with Crippen LogP contribution in [0.15, 0.2) is 42.6 Å². The van der Waals surface area contributed by atoms with Crippen molar-refractivity contribution >= 4 is 11.8 Å². The van der Waals surface area contributed by atoms with Crippen LogP contribution in [0.1, 0.15) is 42.6 Å². The highest BCUT2D eigenvalue weighted by molar-refractivity contribution is 5.97. The van der Waals surface area contributed by atoms with E-state index >= 15 is 0 Å². The number of hydrogen-bond donors (Lipinski definition) is 2. The summed E-state index contributed by atoms with van der Waals surface area (Å²) in [6.07, 6.45) is 4.11. The molecule has 1 saturated carbocycles. The molecule has 1 heterocycles. The number of aromatic nitrogens is 1. The third-order valence-corrected chi connectivity index (χ3v) is 4.77. The van der Waals surface area contributed by atoms with Crippen LogP contribution < -0.4 is 15.4 Å². The molecular weight excluding hydrogens is 373 g/mol. The van der Waals surface area contributed by atoms with Crippen LogP contribution in [0.5, 0.6) is 5.88 Å². The Balaban J connectivity index is 1.52. The Morgan fingerprint density at radius 2 is 1.90 bits per heavy atom. The van der Waals surface area contributed by atoms with E-state index in [0.29, 0.717) is 30.5 Å². The number of carbonyl (C=O) groups excluding carboxylic acids is 2. The van der Waals surface area contributed by atoms with Gasteiger partial charge in [0.05, 0.1) is 6.61 Å². The molecule has 2 N–H and O–H groups in total. The Bertz CT molecular complexity index is 833. The number of carbonyl (C=O) groups is 2. The Kier molecular flexibility index (Phi) is 6.80. The van der Waals surface area contributed by atoms with E-state index in [2.05, 4.69) is 15.6 Å². The molecule has 29 heavy (non-hydrogen) atoms. The van der Waals surface area contributed by atoms with Gasteiger partial charge in [-0.3, -0.25) is 9.59 Å². The molecule has 0 spiro atoms. The second-order valence-corrected chi connectivity index (χ2v) is 7.68. The molecule has 1 unspecified atom stereocenters. The maximum atomic E-state index is 13.0. The minimum Gasteiger partial charge on any atom is -0.477 e. The number of ether oxygens (including phenoxy) is 1. The molecule has 7 heteroatoms. The second kappa shape index (κ2) is 9.49.